The number of hydrogen-bond acceptors (Lipinski definition) is 6. The second kappa shape index (κ2) is 10.1. The van der Waals surface area contributed by atoms with Gasteiger partial charge in [-0.15, -0.1) is 0 Å². The Labute approximate surface area is 204 Å². The number of carbonyl (C=O) groups is 1. The summed E-state index contributed by atoms with van der Waals surface area (Å²) in [6, 6.07) is 17.6. The van der Waals surface area contributed by atoms with E-state index in [4.69, 9.17) is 0 Å². The lowest BCUT2D eigenvalue weighted by Crippen LogP contribution is -2.16. The molecule has 1 amide bonds. The van der Waals surface area contributed by atoms with Gasteiger partial charge in [-0.25, -0.2) is 27.8 Å². The topological polar surface area (TPSA) is 119 Å². The van der Waals surface area contributed by atoms with Crippen molar-refractivity contribution in [2.24, 2.45) is 0 Å². The lowest BCUT2D eigenvalue weighted by Gasteiger charge is -2.09. The van der Waals surface area contributed by atoms with Crippen LogP contribution in [-0.4, -0.2) is 34.1 Å². The molecule has 0 aliphatic rings. The van der Waals surface area contributed by atoms with Gasteiger partial charge in [0.15, 0.2) is 0 Å². The SMILES string of the molecule is Cc1ccnc(NS(=O)(=O)c2ccc(NC(=O)CCc3ccc(-n4nc(C)cc4C)cc3)cc2)n1. The summed E-state index contributed by atoms with van der Waals surface area (Å²) in [6.07, 6.45) is 2.36. The van der Waals surface area contributed by atoms with Crippen LogP contribution in [0, 0.1) is 20.8 Å². The van der Waals surface area contributed by atoms with Crippen LogP contribution in [0.1, 0.15) is 29.1 Å². The predicted molar refractivity (Wildman–Crippen MR) is 134 cm³/mol. The normalized spacial score (nSPS) is 11.3. The summed E-state index contributed by atoms with van der Waals surface area (Å²) in [5, 5.41) is 7.28. The fourth-order valence-electron chi connectivity index (χ4n) is 3.57. The lowest BCUT2D eigenvalue weighted by molar-refractivity contribution is -0.116. The first-order valence-corrected chi connectivity index (χ1v) is 12.5. The van der Waals surface area contributed by atoms with Crippen molar-refractivity contribution in [3.05, 3.63) is 89.5 Å². The molecule has 0 saturated heterocycles. The Hall–Kier alpha value is -4.05. The highest BCUT2D eigenvalue weighted by Gasteiger charge is 2.16. The molecule has 0 atom stereocenters. The Morgan fingerprint density at radius 2 is 1.66 bits per heavy atom. The van der Waals surface area contributed by atoms with Crippen molar-refractivity contribution in [3.63, 3.8) is 0 Å². The van der Waals surface area contributed by atoms with Crippen molar-refractivity contribution in [2.75, 3.05) is 10.0 Å². The maximum Gasteiger partial charge on any atom is 0.264 e. The van der Waals surface area contributed by atoms with Gasteiger partial charge in [0.05, 0.1) is 16.3 Å². The maximum absolute atomic E-state index is 12.6. The van der Waals surface area contributed by atoms with Crippen molar-refractivity contribution in [3.8, 4) is 5.69 Å². The molecular formula is C25H26N6O3S. The first-order chi connectivity index (χ1) is 16.7. The van der Waals surface area contributed by atoms with E-state index in [0.29, 0.717) is 24.2 Å². The van der Waals surface area contributed by atoms with Gasteiger partial charge in [-0.05, 0) is 81.3 Å². The smallest absolute Gasteiger partial charge is 0.264 e. The molecule has 2 aromatic heterocycles. The molecule has 0 spiro atoms. The molecule has 0 aliphatic heterocycles. The molecule has 0 aliphatic carbocycles. The van der Waals surface area contributed by atoms with E-state index >= 15 is 0 Å². The Balaban J connectivity index is 1.32. The minimum Gasteiger partial charge on any atom is -0.326 e. The number of rotatable bonds is 8. The molecule has 0 unspecified atom stereocenters. The van der Waals surface area contributed by atoms with Gasteiger partial charge in [0, 0.05) is 29.7 Å². The molecule has 4 rings (SSSR count). The molecule has 2 aromatic carbocycles. The third-order valence-corrected chi connectivity index (χ3v) is 6.64. The number of hydrogen-bond donors (Lipinski definition) is 2. The number of carbonyl (C=O) groups excluding carboxylic acids is 1. The van der Waals surface area contributed by atoms with E-state index in [1.165, 1.54) is 18.3 Å². The predicted octanol–water partition coefficient (Wildman–Crippen LogP) is 3.96. The molecule has 0 fully saturated rings. The fraction of sp³-hybridized carbons (Fsp3) is 0.200. The van der Waals surface area contributed by atoms with Crippen LogP contribution in [-0.2, 0) is 21.2 Å². The van der Waals surface area contributed by atoms with Crippen molar-refractivity contribution in [1.82, 2.24) is 19.7 Å². The number of amides is 1. The fourth-order valence-corrected chi connectivity index (χ4v) is 4.52. The number of nitrogens with one attached hydrogen (secondary N) is 2. The molecule has 0 bridgehead atoms. The molecule has 9 nitrogen and oxygen atoms in total. The zero-order chi connectivity index (χ0) is 25.0. The van der Waals surface area contributed by atoms with E-state index in [0.717, 1.165) is 22.6 Å². The second-order valence-corrected chi connectivity index (χ2v) is 9.89. The third-order valence-electron chi connectivity index (χ3n) is 5.30. The molecule has 35 heavy (non-hydrogen) atoms. The van der Waals surface area contributed by atoms with Gasteiger partial charge in [-0.2, -0.15) is 5.10 Å². The zero-order valence-corrected chi connectivity index (χ0v) is 20.5. The van der Waals surface area contributed by atoms with Crippen LogP contribution in [0.4, 0.5) is 11.6 Å². The van der Waals surface area contributed by atoms with Crippen molar-refractivity contribution in [2.45, 2.75) is 38.5 Å². The summed E-state index contributed by atoms with van der Waals surface area (Å²) in [5.41, 5.74) is 5.20. The summed E-state index contributed by atoms with van der Waals surface area (Å²) in [7, 11) is -3.84. The van der Waals surface area contributed by atoms with Crippen LogP contribution in [0.15, 0.2) is 71.8 Å². The average molecular weight is 491 g/mol. The number of aryl methyl sites for hydroxylation is 4. The van der Waals surface area contributed by atoms with E-state index in [1.807, 2.05) is 48.9 Å². The molecule has 0 saturated carbocycles. The minimum absolute atomic E-state index is 0.00489. The zero-order valence-electron chi connectivity index (χ0n) is 19.7. The molecule has 180 valence electrons. The van der Waals surface area contributed by atoms with Crippen LogP contribution < -0.4 is 10.0 Å². The second-order valence-electron chi connectivity index (χ2n) is 8.21. The quantitative estimate of drug-likeness (QED) is 0.386. The summed E-state index contributed by atoms with van der Waals surface area (Å²) in [5.74, 6) is -0.153. The Kier molecular flexibility index (Phi) is 6.92. The van der Waals surface area contributed by atoms with Gasteiger partial charge >= 0.3 is 0 Å². The van der Waals surface area contributed by atoms with E-state index in [-0.39, 0.29) is 16.8 Å². The van der Waals surface area contributed by atoms with E-state index in [9.17, 15) is 13.2 Å². The maximum atomic E-state index is 12.6. The Morgan fingerprint density at radius 1 is 0.943 bits per heavy atom. The van der Waals surface area contributed by atoms with Gasteiger partial charge in [0.25, 0.3) is 10.0 Å². The Bertz CT molecular complexity index is 1450. The van der Waals surface area contributed by atoms with Crippen LogP contribution >= 0.6 is 0 Å². The van der Waals surface area contributed by atoms with E-state index in [1.54, 1.807) is 25.1 Å². The number of anilines is 2. The van der Waals surface area contributed by atoms with Gasteiger partial charge < -0.3 is 5.32 Å². The molecule has 2 heterocycles. The summed E-state index contributed by atoms with van der Waals surface area (Å²) >= 11 is 0. The number of benzene rings is 2. The number of nitrogens with zero attached hydrogens (tertiary/aromatic N) is 4. The average Bonchev–Trinajstić information content (AvgIpc) is 3.16. The third kappa shape index (κ3) is 6.10. The summed E-state index contributed by atoms with van der Waals surface area (Å²) < 4.78 is 29.4. The monoisotopic (exact) mass is 490 g/mol. The van der Waals surface area contributed by atoms with Crippen LogP contribution in [0.2, 0.25) is 0 Å². The van der Waals surface area contributed by atoms with E-state index < -0.39 is 10.0 Å². The number of aromatic nitrogens is 4. The summed E-state index contributed by atoms with van der Waals surface area (Å²) in [4.78, 5) is 20.4. The van der Waals surface area contributed by atoms with Gasteiger partial charge in [-0.1, -0.05) is 12.1 Å². The molecular weight excluding hydrogens is 464 g/mol. The largest absolute Gasteiger partial charge is 0.326 e. The first-order valence-electron chi connectivity index (χ1n) is 11.0. The highest BCUT2D eigenvalue weighted by atomic mass is 32.2. The van der Waals surface area contributed by atoms with Crippen molar-refractivity contribution >= 4 is 27.6 Å². The van der Waals surface area contributed by atoms with Gasteiger partial charge in [0.2, 0.25) is 11.9 Å². The highest BCUT2D eigenvalue weighted by molar-refractivity contribution is 7.92. The van der Waals surface area contributed by atoms with Crippen LogP contribution in [0.5, 0.6) is 0 Å². The first kappa shape index (κ1) is 24.1. The Morgan fingerprint density at radius 3 is 2.29 bits per heavy atom. The van der Waals surface area contributed by atoms with Crippen molar-refractivity contribution in [1.29, 1.82) is 0 Å². The standard InChI is InChI=1S/C25H26N6O3S/c1-17-14-15-26-25(27-17)30-35(33,34)23-11-7-21(8-12-23)28-24(32)13-6-20-4-9-22(10-5-20)31-19(3)16-18(2)29-31/h4-5,7-12,14-16H,6,13H2,1-3H3,(H,28,32)(H,26,27,30). The van der Waals surface area contributed by atoms with Crippen LogP contribution in [0.3, 0.4) is 0 Å². The van der Waals surface area contributed by atoms with E-state index in [2.05, 4.69) is 25.1 Å². The summed E-state index contributed by atoms with van der Waals surface area (Å²) in [6.45, 7) is 5.71. The van der Waals surface area contributed by atoms with Crippen molar-refractivity contribution < 1.29 is 13.2 Å². The molecule has 4 aromatic rings. The minimum atomic E-state index is -3.84. The molecule has 2 N–H and O–H groups in total. The lowest BCUT2D eigenvalue weighted by atomic mass is 10.1. The van der Waals surface area contributed by atoms with Gasteiger partial charge in [-0.3, -0.25) is 4.79 Å². The highest BCUT2D eigenvalue weighted by Crippen LogP contribution is 2.18. The molecule has 10 heteroatoms. The molecule has 0 radical (unpaired) electrons. The van der Waals surface area contributed by atoms with Crippen LogP contribution in [0.25, 0.3) is 5.69 Å². The van der Waals surface area contributed by atoms with Gasteiger partial charge in [0.1, 0.15) is 0 Å². The number of sulfonamides is 1.